The number of nitrogens with zero attached hydrogens (tertiary/aromatic N) is 1. The second-order valence-corrected chi connectivity index (χ2v) is 10.4. The highest BCUT2D eigenvalue weighted by Crippen LogP contribution is 2.24. The van der Waals surface area contributed by atoms with Crippen molar-refractivity contribution in [2.24, 2.45) is 0 Å². The van der Waals surface area contributed by atoms with Crippen LogP contribution in [0.1, 0.15) is 21.6 Å². The van der Waals surface area contributed by atoms with E-state index in [1.54, 1.807) is 54.6 Å². The van der Waals surface area contributed by atoms with Gasteiger partial charge in [-0.3, -0.25) is 14.4 Å². The predicted molar refractivity (Wildman–Crippen MR) is 155 cm³/mol. The molecule has 0 aliphatic heterocycles. The minimum Gasteiger partial charge on any atom is -0.321 e. The first-order valence-corrected chi connectivity index (χ1v) is 13.8. The zero-order valence-corrected chi connectivity index (χ0v) is 22.9. The zero-order chi connectivity index (χ0) is 27.8. The molecule has 39 heavy (non-hydrogen) atoms. The van der Waals surface area contributed by atoms with E-state index in [-0.39, 0.29) is 27.9 Å². The van der Waals surface area contributed by atoms with Crippen LogP contribution < -0.4 is 16.0 Å². The van der Waals surface area contributed by atoms with Crippen LogP contribution in [0.5, 0.6) is 0 Å². The predicted octanol–water partition coefficient (Wildman–Crippen LogP) is 6.38. The standard InChI is InChI=1S/C28H22ClFN4O3S2/c1-17-15-39-28(31-17)34-25(35)16-38-20-12-10-19(11-13-20)32-27(37)24(14-21-22(29)8-5-9-23(21)30)33-26(36)18-6-3-2-4-7-18/h2-15H,16H2,1H3,(H,32,37)(H,33,36)(H,31,34,35)/b24-14-. The molecule has 1 heterocycles. The number of nitrogens with one attached hydrogen (secondary N) is 3. The maximum Gasteiger partial charge on any atom is 0.272 e. The van der Waals surface area contributed by atoms with E-state index in [1.165, 1.54) is 47.4 Å². The molecule has 7 nitrogen and oxygen atoms in total. The van der Waals surface area contributed by atoms with Gasteiger partial charge in [0, 0.05) is 27.1 Å². The van der Waals surface area contributed by atoms with Gasteiger partial charge in [0.15, 0.2) is 5.13 Å². The molecule has 3 amide bonds. The maximum atomic E-state index is 14.5. The van der Waals surface area contributed by atoms with Crippen LogP contribution in [0.3, 0.4) is 0 Å². The number of aromatic nitrogens is 1. The molecule has 1 aromatic heterocycles. The third-order valence-electron chi connectivity index (χ3n) is 5.16. The molecule has 0 fully saturated rings. The third-order valence-corrected chi connectivity index (χ3v) is 7.38. The molecule has 0 aliphatic carbocycles. The van der Waals surface area contributed by atoms with Gasteiger partial charge in [0.05, 0.1) is 16.5 Å². The molecule has 3 aromatic carbocycles. The third kappa shape index (κ3) is 8.00. The average Bonchev–Trinajstić information content (AvgIpc) is 3.34. The van der Waals surface area contributed by atoms with Crippen molar-refractivity contribution < 1.29 is 18.8 Å². The molecular weight excluding hydrogens is 559 g/mol. The lowest BCUT2D eigenvalue weighted by molar-refractivity contribution is -0.114. The van der Waals surface area contributed by atoms with Crippen LogP contribution in [0.15, 0.2) is 88.8 Å². The summed E-state index contributed by atoms with van der Waals surface area (Å²) < 4.78 is 14.5. The van der Waals surface area contributed by atoms with Crippen molar-refractivity contribution in [2.45, 2.75) is 11.8 Å². The monoisotopic (exact) mass is 580 g/mol. The average molecular weight is 581 g/mol. The number of carbonyl (C=O) groups excluding carboxylic acids is 3. The Morgan fingerprint density at radius 2 is 1.74 bits per heavy atom. The number of aryl methyl sites for hydroxylation is 1. The van der Waals surface area contributed by atoms with Gasteiger partial charge >= 0.3 is 0 Å². The van der Waals surface area contributed by atoms with Crippen LogP contribution >= 0.6 is 34.7 Å². The SMILES string of the molecule is Cc1csc(NC(=O)CSc2ccc(NC(=O)/C(=C/c3c(F)cccc3Cl)NC(=O)c3ccccc3)cc2)n1. The Kier molecular flexibility index (Phi) is 9.48. The van der Waals surface area contributed by atoms with Gasteiger partial charge in [-0.2, -0.15) is 0 Å². The molecule has 0 saturated carbocycles. The summed E-state index contributed by atoms with van der Waals surface area (Å²) in [6.07, 6.45) is 1.20. The summed E-state index contributed by atoms with van der Waals surface area (Å²) in [4.78, 5) is 43.1. The van der Waals surface area contributed by atoms with Gasteiger partial charge < -0.3 is 16.0 Å². The first kappa shape index (κ1) is 28.0. The van der Waals surface area contributed by atoms with Crippen LogP contribution in [0.4, 0.5) is 15.2 Å². The van der Waals surface area contributed by atoms with Crippen LogP contribution in [0.25, 0.3) is 6.08 Å². The summed E-state index contributed by atoms with van der Waals surface area (Å²) in [6, 6.07) is 19.3. The van der Waals surface area contributed by atoms with E-state index in [1.807, 2.05) is 12.3 Å². The van der Waals surface area contributed by atoms with E-state index < -0.39 is 17.6 Å². The summed E-state index contributed by atoms with van der Waals surface area (Å²) in [5.41, 5.74) is 1.38. The lowest BCUT2D eigenvalue weighted by Crippen LogP contribution is -2.30. The fourth-order valence-electron chi connectivity index (χ4n) is 3.28. The molecule has 0 radical (unpaired) electrons. The van der Waals surface area contributed by atoms with Crippen LogP contribution in [-0.2, 0) is 9.59 Å². The Labute approximate surface area is 237 Å². The molecule has 4 aromatic rings. The number of halogens is 2. The molecule has 11 heteroatoms. The Morgan fingerprint density at radius 1 is 1.00 bits per heavy atom. The molecule has 0 aliphatic rings. The van der Waals surface area contributed by atoms with Gasteiger partial charge in [-0.15, -0.1) is 23.1 Å². The second kappa shape index (κ2) is 13.2. The molecular formula is C28H22ClFN4O3S2. The molecule has 0 atom stereocenters. The number of thiazole rings is 1. The smallest absolute Gasteiger partial charge is 0.272 e. The number of hydrogen-bond donors (Lipinski definition) is 3. The van der Waals surface area contributed by atoms with E-state index >= 15 is 0 Å². The first-order chi connectivity index (χ1) is 18.8. The van der Waals surface area contributed by atoms with E-state index in [9.17, 15) is 18.8 Å². The largest absolute Gasteiger partial charge is 0.321 e. The Hall–Kier alpha value is -3.99. The Morgan fingerprint density at radius 3 is 2.41 bits per heavy atom. The van der Waals surface area contributed by atoms with Gasteiger partial charge in [-0.05, 0) is 61.5 Å². The maximum absolute atomic E-state index is 14.5. The van der Waals surface area contributed by atoms with Gasteiger partial charge in [0.25, 0.3) is 11.8 Å². The summed E-state index contributed by atoms with van der Waals surface area (Å²) in [5, 5.41) is 10.5. The van der Waals surface area contributed by atoms with Gasteiger partial charge in [0.1, 0.15) is 11.5 Å². The summed E-state index contributed by atoms with van der Waals surface area (Å²) in [6.45, 7) is 1.85. The van der Waals surface area contributed by atoms with Crippen molar-refractivity contribution in [1.29, 1.82) is 0 Å². The Balaban J connectivity index is 1.44. The number of thioether (sulfide) groups is 1. The van der Waals surface area contributed by atoms with Crippen molar-refractivity contribution in [3.05, 3.63) is 112 Å². The number of carbonyl (C=O) groups is 3. The zero-order valence-electron chi connectivity index (χ0n) is 20.5. The van der Waals surface area contributed by atoms with E-state index in [0.29, 0.717) is 16.4 Å². The molecule has 198 valence electrons. The normalized spacial score (nSPS) is 11.1. The van der Waals surface area contributed by atoms with E-state index in [2.05, 4.69) is 20.9 Å². The van der Waals surface area contributed by atoms with Crippen LogP contribution in [0, 0.1) is 12.7 Å². The van der Waals surface area contributed by atoms with Crippen molar-refractivity contribution in [2.75, 3.05) is 16.4 Å². The second-order valence-electron chi connectivity index (χ2n) is 8.12. The van der Waals surface area contributed by atoms with E-state index in [4.69, 9.17) is 11.6 Å². The number of rotatable bonds is 9. The van der Waals surface area contributed by atoms with Crippen LogP contribution in [0.2, 0.25) is 5.02 Å². The topological polar surface area (TPSA) is 100 Å². The number of benzene rings is 3. The van der Waals surface area contributed by atoms with Crippen molar-refractivity contribution in [3.63, 3.8) is 0 Å². The van der Waals surface area contributed by atoms with Crippen molar-refractivity contribution in [3.8, 4) is 0 Å². The lowest BCUT2D eigenvalue weighted by atomic mass is 10.1. The highest BCUT2D eigenvalue weighted by molar-refractivity contribution is 8.00. The van der Waals surface area contributed by atoms with Crippen molar-refractivity contribution in [1.82, 2.24) is 10.3 Å². The summed E-state index contributed by atoms with van der Waals surface area (Å²) in [7, 11) is 0. The molecule has 3 N–H and O–H groups in total. The summed E-state index contributed by atoms with van der Waals surface area (Å²) in [5.74, 6) is -1.84. The van der Waals surface area contributed by atoms with Crippen LogP contribution in [-0.4, -0.2) is 28.5 Å². The highest BCUT2D eigenvalue weighted by Gasteiger charge is 2.17. The van der Waals surface area contributed by atoms with Crippen molar-refractivity contribution >= 4 is 69.3 Å². The highest BCUT2D eigenvalue weighted by atomic mass is 35.5. The first-order valence-electron chi connectivity index (χ1n) is 11.6. The van der Waals surface area contributed by atoms with Gasteiger partial charge in [0.2, 0.25) is 5.91 Å². The van der Waals surface area contributed by atoms with Gasteiger partial charge in [-0.25, -0.2) is 9.37 Å². The van der Waals surface area contributed by atoms with Gasteiger partial charge in [-0.1, -0.05) is 35.9 Å². The fraction of sp³-hybridized carbons (Fsp3) is 0.0714. The minimum absolute atomic E-state index is 0.0318. The Bertz CT molecular complexity index is 1510. The number of anilines is 2. The molecule has 0 bridgehead atoms. The van der Waals surface area contributed by atoms with E-state index in [0.717, 1.165) is 10.6 Å². The lowest BCUT2D eigenvalue weighted by Gasteiger charge is -2.12. The fourth-order valence-corrected chi connectivity index (χ4v) is 4.90. The minimum atomic E-state index is -0.669. The molecule has 0 spiro atoms. The molecule has 0 unspecified atom stereocenters. The quantitative estimate of drug-likeness (QED) is 0.157. The number of amides is 3. The molecule has 0 saturated heterocycles. The summed E-state index contributed by atoms with van der Waals surface area (Å²) >= 11 is 8.83. The number of hydrogen-bond acceptors (Lipinski definition) is 6. The molecule has 4 rings (SSSR count).